The van der Waals surface area contributed by atoms with E-state index in [2.05, 4.69) is 41.8 Å². The number of thioether (sulfide) groups is 2. The quantitative estimate of drug-likeness (QED) is 0.610. The molecule has 0 spiro atoms. The first-order valence-corrected chi connectivity index (χ1v) is 7.44. The monoisotopic (exact) mass is 224 g/mol. The summed E-state index contributed by atoms with van der Waals surface area (Å²) in [6, 6.07) is 0. The van der Waals surface area contributed by atoms with Gasteiger partial charge in [-0.1, -0.05) is 31.1 Å². The van der Waals surface area contributed by atoms with Gasteiger partial charge in [-0.15, -0.1) is 23.5 Å². The van der Waals surface area contributed by atoms with Crippen LogP contribution in [-0.4, -0.2) is 15.7 Å². The first-order valence-electron chi connectivity index (χ1n) is 5.62. The lowest BCUT2D eigenvalue weighted by Crippen LogP contribution is -2.32. The second kappa shape index (κ2) is 3.97. The van der Waals surface area contributed by atoms with E-state index in [1.54, 1.807) is 4.91 Å². The normalized spacial score (nSPS) is 41.1. The summed E-state index contributed by atoms with van der Waals surface area (Å²) in [5.74, 6) is 0. The van der Waals surface area contributed by atoms with Gasteiger partial charge in [0.2, 0.25) is 0 Å². The molecule has 3 aliphatic rings. The molecule has 0 bridgehead atoms. The van der Waals surface area contributed by atoms with Gasteiger partial charge in [-0.25, -0.2) is 0 Å². The number of fused-ring (bicyclic) bond motifs is 2. The van der Waals surface area contributed by atoms with E-state index >= 15 is 0 Å². The minimum absolute atomic E-state index is 0.810. The minimum Gasteiger partial charge on any atom is -0.148 e. The summed E-state index contributed by atoms with van der Waals surface area (Å²) in [6.07, 6.45) is 14.0. The Kier molecular flexibility index (Phi) is 2.67. The van der Waals surface area contributed by atoms with Gasteiger partial charge < -0.3 is 0 Å². The van der Waals surface area contributed by atoms with Gasteiger partial charge in [-0.3, -0.25) is 0 Å². The van der Waals surface area contributed by atoms with E-state index in [0.717, 1.165) is 15.7 Å². The number of allylic oxidation sites excluding steroid dienone is 3. The summed E-state index contributed by atoms with van der Waals surface area (Å²) in [5.41, 5.74) is 0. The highest BCUT2D eigenvalue weighted by molar-refractivity contribution is 8.10. The van der Waals surface area contributed by atoms with E-state index in [4.69, 9.17) is 0 Å². The first-order chi connectivity index (χ1) is 6.93. The molecule has 1 aliphatic heterocycles. The van der Waals surface area contributed by atoms with E-state index in [9.17, 15) is 0 Å². The maximum Gasteiger partial charge on any atom is 0.0394 e. The molecule has 3 rings (SSSR count). The van der Waals surface area contributed by atoms with Gasteiger partial charge in [0.15, 0.2) is 0 Å². The Balaban J connectivity index is 1.78. The molecule has 14 heavy (non-hydrogen) atoms. The van der Waals surface area contributed by atoms with Crippen LogP contribution in [0, 0.1) is 0 Å². The van der Waals surface area contributed by atoms with Crippen LogP contribution in [0.4, 0.5) is 0 Å². The van der Waals surface area contributed by atoms with Gasteiger partial charge in [-0.05, 0) is 24.2 Å². The summed E-state index contributed by atoms with van der Waals surface area (Å²) in [7, 11) is 0. The smallest absolute Gasteiger partial charge is 0.0394 e. The Morgan fingerprint density at radius 1 is 1.14 bits per heavy atom. The Hall–Kier alpha value is 0.180. The molecule has 0 nitrogen and oxygen atoms in total. The highest BCUT2D eigenvalue weighted by Crippen LogP contribution is 2.50. The van der Waals surface area contributed by atoms with Crippen molar-refractivity contribution < 1.29 is 0 Å². The highest BCUT2D eigenvalue weighted by atomic mass is 32.2. The number of hydrogen-bond acceptors (Lipinski definition) is 2. The lowest BCUT2D eigenvalue weighted by molar-refractivity contribution is 0.525. The van der Waals surface area contributed by atoms with Crippen LogP contribution in [0.5, 0.6) is 0 Å². The highest BCUT2D eigenvalue weighted by Gasteiger charge is 2.35. The minimum atomic E-state index is 0.810. The molecule has 0 amide bonds. The third kappa shape index (κ3) is 1.67. The average Bonchev–Trinajstić information content (AvgIpc) is 2.26. The average molecular weight is 224 g/mol. The van der Waals surface area contributed by atoms with E-state index in [1.807, 2.05) is 0 Å². The van der Waals surface area contributed by atoms with Crippen LogP contribution in [0.15, 0.2) is 23.1 Å². The molecule has 2 fully saturated rings. The summed E-state index contributed by atoms with van der Waals surface area (Å²) in [6.45, 7) is 0. The number of hydrogen-bond donors (Lipinski definition) is 0. The van der Waals surface area contributed by atoms with Crippen LogP contribution in [-0.2, 0) is 0 Å². The summed E-state index contributed by atoms with van der Waals surface area (Å²) >= 11 is 4.45. The number of rotatable bonds is 0. The molecule has 1 saturated heterocycles. The lowest BCUT2D eigenvalue weighted by Gasteiger charge is -2.40. The molecular formula is C12H16S2. The molecule has 0 aromatic carbocycles. The maximum absolute atomic E-state index is 2.34. The van der Waals surface area contributed by atoms with Crippen molar-refractivity contribution in [3.8, 4) is 0 Å². The molecular weight excluding hydrogens is 208 g/mol. The van der Waals surface area contributed by atoms with Gasteiger partial charge in [0.25, 0.3) is 0 Å². The van der Waals surface area contributed by atoms with Crippen LogP contribution in [0.25, 0.3) is 0 Å². The van der Waals surface area contributed by atoms with Gasteiger partial charge in [0, 0.05) is 15.7 Å². The molecule has 0 N–H and O–H groups in total. The third-order valence-corrected chi connectivity index (χ3v) is 6.90. The van der Waals surface area contributed by atoms with Crippen LogP contribution in [0.1, 0.15) is 32.1 Å². The van der Waals surface area contributed by atoms with Gasteiger partial charge in [-0.2, -0.15) is 0 Å². The second-order valence-electron chi connectivity index (χ2n) is 4.34. The Labute approximate surface area is 94.6 Å². The van der Waals surface area contributed by atoms with Crippen molar-refractivity contribution in [1.29, 1.82) is 0 Å². The van der Waals surface area contributed by atoms with E-state index < -0.39 is 0 Å². The predicted molar refractivity (Wildman–Crippen MR) is 66.9 cm³/mol. The topological polar surface area (TPSA) is 0 Å². The molecule has 3 unspecified atom stereocenters. The SMILES string of the molecule is C1=CCC2SC3CCCCC3SC2=C1. The zero-order chi connectivity index (χ0) is 9.38. The Morgan fingerprint density at radius 3 is 2.93 bits per heavy atom. The van der Waals surface area contributed by atoms with Crippen molar-refractivity contribution in [2.75, 3.05) is 0 Å². The molecule has 3 atom stereocenters. The summed E-state index contributed by atoms with van der Waals surface area (Å²) in [4.78, 5) is 1.65. The van der Waals surface area contributed by atoms with Crippen LogP contribution >= 0.6 is 23.5 Å². The van der Waals surface area contributed by atoms with E-state index in [0.29, 0.717) is 0 Å². The molecule has 2 aliphatic carbocycles. The van der Waals surface area contributed by atoms with Crippen molar-refractivity contribution in [3.63, 3.8) is 0 Å². The predicted octanol–water partition coefficient (Wildman–Crippen LogP) is 3.99. The van der Waals surface area contributed by atoms with Gasteiger partial charge >= 0.3 is 0 Å². The van der Waals surface area contributed by atoms with E-state index in [1.165, 1.54) is 32.1 Å². The summed E-state index contributed by atoms with van der Waals surface area (Å²) < 4.78 is 0. The van der Waals surface area contributed by atoms with E-state index in [-0.39, 0.29) is 0 Å². The van der Waals surface area contributed by atoms with Crippen molar-refractivity contribution in [2.24, 2.45) is 0 Å². The molecule has 0 aromatic heterocycles. The molecule has 0 radical (unpaired) electrons. The molecule has 0 aromatic rings. The van der Waals surface area contributed by atoms with Gasteiger partial charge in [0.1, 0.15) is 0 Å². The fourth-order valence-electron chi connectivity index (χ4n) is 2.57. The first kappa shape index (κ1) is 9.41. The zero-order valence-corrected chi connectivity index (χ0v) is 9.95. The van der Waals surface area contributed by atoms with Crippen molar-refractivity contribution >= 4 is 23.5 Å². The molecule has 1 heterocycles. The third-order valence-electron chi connectivity index (χ3n) is 3.33. The maximum atomic E-state index is 2.34. The van der Waals surface area contributed by atoms with Crippen molar-refractivity contribution in [3.05, 3.63) is 23.1 Å². The molecule has 2 heteroatoms. The van der Waals surface area contributed by atoms with Crippen molar-refractivity contribution in [2.45, 2.75) is 47.9 Å². The van der Waals surface area contributed by atoms with Crippen LogP contribution in [0.2, 0.25) is 0 Å². The molecule has 76 valence electrons. The lowest BCUT2D eigenvalue weighted by atomic mass is 9.99. The van der Waals surface area contributed by atoms with Gasteiger partial charge in [0.05, 0.1) is 0 Å². The van der Waals surface area contributed by atoms with Crippen LogP contribution in [0.3, 0.4) is 0 Å². The zero-order valence-electron chi connectivity index (χ0n) is 8.32. The Morgan fingerprint density at radius 2 is 2.00 bits per heavy atom. The fraction of sp³-hybridized carbons (Fsp3) is 0.667. The van der Waals surface area contributed by atoms with Crippen molar-refractivity contribution in [1.82, 2.24) is 0 Å². The summed E-state index contributed by atoms with van der Waals surface area (Å²) in [5, 5.41) is 2.70. The fourth-order valence-corrected chi connectivity index (χ4v) is 6.06. The standard InChI is InChI=1S/C12H16S2/c1-2-6-10-9(5-1)13-11-7-3-4-8-12(11)14-10/h1-2,5,10-12H,3-4,6-8H2. The largest absolute Gasteiger partial charge is 0.148 e. The van der Waals surface area contributed by atoms with Crippen LogP contribution < -0.4 is 0 Å². The molecule has 1 saturated carbocycles. The second-order valence-corrected chi connectivity index (χ2v) is 7.10. The Bertz CT molecular complexity index is 280.